The average Bonchev–Trinajstić information content (AvgIpc) is 3.43. The number of rotatable bonds is 6. The van der Waals surface area contributed by atoms with Gasteiger partial charge in [-0.25, -0.2) is 0 Å². The average molecular weight is 486 g/mol. The summed E-state index contributed by atoms with van der Waals surface area (Å²) >= 11 is 2.45. The number of carbonyl (C=O) groups is 2. The molecule has 1 atom stereocenters. The molecule has 2 aliphatic rings. The van der Waals surface area contributed by atoms with Crippen molar-refractivity contribution >= 4 is 40.0 Å². The molecule has 1 unspecified atom stereocenters. The number of furan rings is 1. The van der Waals surface area contributed by atoms with Crippen molar-refractivity contribution < 1.29 is 18.7 Å². The SMILES string of the molecule is CCOC(=O)CSc1nnc(N2C(N)=C(C#N)C(c3ccco3)C3=C2CC(C)(C)CC3=O)s1. The Labute approximate surface area is 199 Å². The maximum absolute atomic E-state index is 13.4. The zero-order chi connectivity index (χ0) is 23.8. The zero-order valence-corrected chi connectivity index (χ0v) is 20.1. The van der Waals surface area contributed by atoms with Crippen LogP contribution in [0.1, 0.15) is 45.3 Å². The highest BCUT2D eigenvalue weighted by molar-refractivity contribution is 8.01. The lowest BCUT2D eigenvalue weighted by Crippen LogP contribution is -2.42. The fourth-order valence-corrected chi connectivity index (χ4v) is 5.82. The third kappa shape index (κ3) is 4.41. The van der Waals surface area contributed by atoms with Gasteiger partial charge in [0, 0.05) is 17.7 Å². The smallest absolute Gasteiger partial charge is 0.316 e. The van der Waals surface area contributed by atoms with E-state index in [0.717, 1.165) is 0 Å². The summed E-state index contributed by atoms with van der Waals surface area (Å²) in [5, 5.41) is 18.9. The molecule has 1 aliphatic carbocycles. The lowest BCUT2D eigenvalue weighted by atomic mass is 9.69. The molecule has 0 amide bonds. The minimum atomic E-state index is -0.662. The molecule has 0 fully saturated rings. The molecule has 0 saturated carbocycles. The minimum Gasteiger partial charge on any atom is -0.468 e. The highest BCUT2D eigenvalue weighted by Gasteiger charge is 2.46. The summed E-state index contributed by atoms with van der Waals surface area (Å²) in [4.78, 5) is 26.7. The van der Waals surface area contributed by atoms with Crippen molar-refractivity contribution in [1.82, 2.24) is 10.2 Å². The van der Waals surface area contributed by atoms with Crippen LogP contribution in [-0.4, -0.2) is 34.3 Å². The number of carbonyl (C=O) groups excluding carboxylic acids is 2. The van der Waals surface area contributed by atoms with E-state index in [1.54, 1.807) is 24.0 Å². The summed E-state index contributed by atoms with van der Waals surface area (Å²) in [6.07, 6.45) is 2.43. The van der Waals surface area contributed by atoms with Crippen molar-refractivity contribution in [3.8, 4) is 6.07 Å². The number of thioether (sulfide) groups is 1. The van der Waals surface area contributed by atoms with Gasteiger partial charge in [-0.15, -0.1) is 10.2 Å². The lowest BCUT2D eigenvalue weighted by molar-refractivity contribution is -0.139. The maximum atomic E-state index is 13.4. The minimum absolute atomic E-state index is 0.0469. The predicted molar refractivity (Wildman–Crippen MR) is 123 cm³/mol. The van der Waals surface area contributed by atoms with Crippen LogP contribution in [0.15, 0.2) is 49.8 Å². The second kappa shape index (κ2) is 9.03. The van der Waals surface area contributed by atoms with E-state index in [1.807, 2.05) is 13.8 Å². The molecule has 3 heterocycles. The molecule has 172 valence electrons. The fourth-order valence-electron chi connectivity index (χ4n) is 4.14. The predicted octanol–water partition coefficient (Wildman–Crippen LogP) is 3.73. The first-order valence-corrected chi connectivity index (χ1v) is 12.2. The number of nitriles is 1. The molecule has 2 aromatic heterocycles. The van der Waals surface area contributed by atoms with E-state index in [2.05, 4.69) is 16.3 Å². The molecule has 1 aliphatic heterocycles. The van der Waals surface area contributed by atoms with Crippen molar-refractivity contribution in [3.63, 3.8) is 0 Å². The molecule has 0 bridgehead atoms. The van der Waals surface area contributed by atoms with Gasteiger partial charge in [0.1, 0.15) is 11.6 Å². The molecular formula is C22H23N5O4S2. The molecule has 33 heavy (non-hydrogen) atoms. The molecule has 0 spiro atoms. The van der Waals surface area contributed by atoms with Gasteiger partial charge in [0.2, 0.25) is 5.13 Å². The van der Waals surface area contributed by atoms with E-state index in [1.165, 1.54) is 29.4 Å². The van der Waals surface area contributed by atoms with Crippen LogP contribution in [0.3, 0.4) is 0 Å². The first-order valence-electron chi connectivity index (χ1n) is 10.4. The maximum Gasteiger partial charge on any atom is 0.316 e. The standard InChI is InChI=1S/C22H23N5O4S2/c1-4-30-16(29)11-32-21-26-25-20(33-21)27-13-8-22(2,3)9-14(28)18(13)17(12(10-23)19(27)24)15-6-5-7-31-15/h5-7,17H,4,8-9,11,24H2,1-3H3. The third-order valence-electron chi connectivity index (χ3n) is 5.41. The second-order valence-corrected chi connectivity index (χ2v) is 10.6. The van der Waals surface area contributed by atoms with Crippen LogP contribution in [0.2, 0.25) is 0 Å². The van der Waals surface area contributed by atoms with Gasteiger partial charge in [-0.05, 0) is 30.9 Å². The van der Waals surface area contributed by atoms with Gasteiger partial charge >= 0.3 is 5.97 Å². The Balaban J connectivity index is 1.78. The number of anilines is 1. The van der Waals surface area contributed by atoms with Gasteiger partial charge in [-0.2, -0.15) is 5.26 Å². The molecule has 0 radical (unpaired) electrons. The fraction of sp³-hybridized carbons (Fsp3) is 0.409. The number of allylic oxidation sites excluding steroid dienone is 3. The molecular weight excluding hydrogens is 462 g/mol. The van der Waals surface area contributed by atoms with Crippen molar-refractivity contribution in [2.24, 2.45) is 11.1 Å². The number of Topliss-reactive ketones (excluding diaryl/α,β-unsaturated/α-hetero) is 1. The summed E-state index contributed by atoms with van der Waals surface area (Å²) in [6.45, 7) is 6.10. The topological polar surface area (TPSA) is 135 Å². The van der Waals surface area contributed by atoms with Crippen molar-refractivity contribution in [2.45, 2.75) is 43.9 Å². The second-order valence-electron chi connectivity index (χ2n) is 8.44. The van der Waals surface area contributed by atoms with Crippen LogP contribution in [0.25, 0.3) is 0 Å². The van der Waals surface area contributed by atoms with Crippen molar-refractivity contribution in [2.75, 3.05) is 17.3 Å². The Morgan fingerprint density at radius 3 is 2.91 bits per heavy atom. The van der Waals surface area contributed by atoms with Gasteiger partial charge in [-0.1, -0.05) is 36.9 Å². The Hall–Kier alpha value is -3.10. The number of aromatic nitrogens is 2. The number of esters is 1. The zero-order valence-electron chi connectivity index (χ0n) is 18.5. The Kier molecular flexibility index (Phi) is 6.32. The quantitative estimate of drug-likeness (QED) is 0.476. The monoisotopic (exact) mass is 485 g/mol. The summed E-state index contributed by atoms with van der Waals surface area (Å²) < 4.78 is 11.1. The molecule has 0 aromatic carbocycles. The van der Waals surface area contributed by atoms with Gasteiger partial charge < -0.3 is 14.9 Å². The molecule has 4 rings (SSSR count). The normalized spacial score (nSPS) is 20.0. The summed E-state index contributed by atoms with van der Waals surface area (Å²) in [7, 11) is 0. The number of ether oxygens (including phenoxy) is 1. The van der Waals surface area contributed by atoms with Gasteiger partial charge in [0.05, 0.1) is 36.2 Å². The molecule has 9 nitrogen and oxygen atoms in total. The summed E-state index contributed by atoms with van der Waals surface area (Å²) in [6, 6.07) is 5.66. The van der Waals surface area contributed by atoms with Crippen LogP contribution in [-0.2, 0) is 14.3 Å². The Morgan fingerprint density at radius 2 is 2.24 bits per heavy atom. The van der Waals surface area contributed by atoms with Crippen LogP contribution in [0, 0.1) is 16.7 Å². The van der Waals surface area contributed by atoms with E-state index in [9.17, 15) is 14.9 Å². The largest absolute Gasteiger partial charge is 0.468 e. The molecule has 11 heteroatoms. The van der Waals surface area contributed by atoms with E-state index < -0.39 is 5.92 Å². The summed E-state index contributed by atoms with van der Waals surface area (Å²) in [5.74, 6) is -0.245. The molecule has 2 aromatic rings. The Morgan fingerprint density at radius 1 is 1.45 bits per heavy atom. The molecule has 0 saturated heterocycles. The number of nitrogens with zero attached hydrogens (tertiary/aromatic N) is 4. The number of ketones is 1. The van der Waals surface area contributed by atoms with Gasteiger partial charge in [0.25, 0.3) is 0 Å². The first kappa shape index (κ1) is 23.1. The highest BCUT2D eigenvalue weighted by atomic mass is 32.2. The van der Waals surface area contributed by atoms with Crippen molar-refractivity contribution in [1.29, 1.82) is 5.26 Å². The summed E-state index contributed by atoms with van der Waals surface area (Å²) in [5.41, 5.74) is 7.67. The highest BCUT2D eigenvalue weighted by Crippen LogP contribution is 2.50. The molecule has 2 N–H and O–H groups in total. The Bertz CT molecular complexity index is 1190. The van der Waals surface area contributed by atoms with Gasteiger partial charge in [0.15, 0.2) is 10.1 Å². The van der Waals surface area contributed by atoms with Crippen LogP contribution in [0.5, 0.6) is 0 Å². The van der Waals surface area contributed by atoms with E-state index in [-0.39, 0.29) is 34.3 Å². The van der Waals surface area contributed by atoms with Crippen LogP contribution < -0.4 is 10.6 Å². The van der Waals surface area contributed by atoms with E-state index >= 15 is 0 Å². The van der Waals surface area contributed by atoms with Crippen molar-refractivity contribution in [3.05, 3.63) is 46.8 Å². The number of hydrogen-bond donors (Lipinski definition) is 1. The van der Waals surface area contributed by atoms with Crippen LogP contribution in [0.4, 0.5) is 5.13 Å². The first-order chi connectivity index (χ1) is 15.8. The number of nitrogens with two attached hydrogens (primary N) is 1. The van der Waals surface area contributed by atoms with E-state index in [4.69, 9.17) is 14.9 Å². The lowest BCUT2D eigenvalue weighted by Gasteiger charge is -2.42. The van der Waals surface area contributed by atoms with E-state index in [0.29, 0.717) is 46.0 Å². The van der Waals surface area contributed by atoms with Gasteiger partial charge in [-0.3, -0.25) is 14.5 Å². The third-order valence-corrected chi connectivity index (χ3v) is 7.43. The van der Waals surface area contributed by atoms with Crippen LogP contribution >= 0.6 is 23.1 Å². The number of hydrogen-bond acceptors (Lipinski definition) is 11.